The van der Waals surface area contributed by atoms with Crippen LogP contribution in [0.3, 0.4) is 0 Å². The van der Waals surface area contributed by atoms with Crippen LogP contribution in [0.2, 0.25) is 0 Å². The van der Waals surface area contributed by atoms with E-state index in [1.54, 1.807) is 14.2 Å². The van der Waals surface area contributed by atoms with Crippen LogP contribution in [0.4, 0.5) is 5.69 Å². The fourth-order valence-electron chi connectivity index (χ4n) is 5.50. The molecule has 2 fully saturated rings. The van der Waals surface area contributed by atoms with E-state index in [-0.39, 0.29) is 17.9 Å². The molecule has 1 aliphatic heterocycles. The number of nitrogens with one attached hydrogen (secondary N) is 2. The van der Waals surface area contributed by atoms with E-state index in [4.69, 9.17) is 9.47 Å². The van der Waals surface area contributed by atoms with E-state index in [2.05, 4.69) is 11.4 Å². The fraction of sp³-hybridized carbons (Fsp3) is 0.480. The van der Waals surface area contributed by atoms with Crippen molar-refractivity contribution in [3.63, 3.8) is 0 Å². The van der Waals surface area contributed by atoms with Crippen molar-refractivity contribution in [3.8, 4) is 11.5 Å². The maximum Gasteiger partial charge on any atom is 0.279 e. The second kappa shape index (κ2) is 9.28. The first-order chi connectivity index (χ1) is 15.0. The number of carbonyl (C=O) groups is 1. The van der Waals surface area contributed by atoms with Gasteiger partial charge in [-0.05, 0) is 49.2 Å². The maximum absolute atomic E-state index is 12.9. The summed E-state index contributed by atoms with van der Waals surface area (Å²) in [5.41, 5.74) is 1.19. The summed E-state index contributed by atoms with van der Waals surface area (Å²) in [6.07, 6.45) is 4.73. The molecular weight excluding hydrogens is 392 g/mol. The SMILES string of the molecule is COc1ccc(NC(=O)C[NH+]2CC[C@]3(O)CCCC[C@@H]3[C@H]2c2ccccc2OC)cc1. The molecule has 1 heterocycles. The van der Waals surface area contributed by atoms with Gasteiger partial charge in [-0.1, -0.05) is 25.0 Å². The number of hydrogen-bond donors (Lipinski definition) is 3. The first-order valence-corrected chi connectivity index (χ1v) is 11.2. The van der Waals surface area contributed by atoms with Crippen LogP contribution in [0, 0.1) is 5.92 Å². The molecule has 3 N–H and O–H groups in total. The molecule has 4 atom stereocenters. The molecule has 1 saturated carbocycles. The van der Waals surface area contributed by atoms with Crippen molar-refractivity contribution in [1.29, 1.82) is 0 Å². The van der Waals surface area contributed by atoms with Gasteiger partial charge in [0.15, 0.2) is 6.54 Å². The lowest BCUT2D eigenvalue weighted by molar-refractivity contribution is -0.937. The molecule has 6 nitrogen and oxygen atoms in total. The predicted molar refractivity (Wildman–Crippen MR) is 120 cm³/mol. The summed E-state index contributed by atoms with van der Waals surface area (Å²) in [5.74, 6) is 1.68. The third-order valence-electron chi connectivity index (χ3n) is 7.02. The van der Waals surface area contributed by atoms with Crippen LogP contribution in [0.25, 0.3) is 0 Å². The highest BCUT2D eigenvalue weighted by Gasteiger charge is 2.52. The minimum absolute atomic E-state index is 0.0248. The summed E-state index contributed by atoms with van der Waals surface area (Å²) in [4.78, 5) is 14.1. The monoisotopic (exact) mass is 425 g/mol. The smallest absolute Gasteiger partial charge is 0.279 e. The Morgan fingerprint density at radius 2 is 1.87 bits per heavy atom. The van der Waals surface area contributed by atoms with Gasteiger partial charge in [0, 0.05) is 18.0 Å². The number of carbonyl (C=O) groups excluding carboxylic acids is 1. The van der Waals surface area contributed by atoms with Gasteiger partial charge in [0.05, 0.1) is 31.9 Å². The zero-order chi connectivity index (χ0) is 21.8. The van der Waals surface area contributed by atoms with Gasteiger partial charge in [-0.25, -0.2) is 0 Å². The Morgan fingerprint density at radius 1 is 1.10 bits per heavy atom. The van der Waals surface area contributed by atoms with Gasteiger partial charge in [0.2, 0.25) is 0 Å². The molecule has 1 saturated heterocycles. The normalized spacial score (nSPS) is 27.8. The number of benzene rings is 2. The number of piperidine rings is 1. The van der Waals surface area contributed by atoms with Crippen LogP contribution in [-0.2, 0) is 4.79 Å². The van der Waals surface area contributed by atoms with Crippen molar-refractivity contribution < 1.29 is 24.3 Å². The average molecular weight is 426 g/mol. The molecule has 2 aromatic carbocycles. The van der Waals surface area contributed by atoms with Gasteiger partial charge in [0.25, 0.3) is 5.91 Å². The lowest BCUT2D eigenvalue weighted by atomic mass is 9.66. The number of quaternary nitrogens is 1. The van der Waals surface area contributed by atoms with Crippen LogP contribution < -0.4 is 19.7 Å². The van der Waals surface area contributed by atoms with E-state index < -0.39 is 5.60 Å². The number of aliphatic hydroxyl groups is 1. The molecule has 2 aliphatic rings. The van der Waals surface area contributed by atoms with Crippen LogP contribution in [0.1, 0.15) is 43.7 Å². The van der Waals surface area contributed by atoms with Crippen molar-refractivity contribution in [2.45, 2.75) is 43.7 Å². The van der Waals surface area contributed by atoms with Crippen molar-refractivity contribution >= 4 is 11.6 Å². The second-order valence-corrected chi connectivity index (χ2v) is 8.79. The number of likely N-dealkylation sites (tertiary alicyclic amines) is 1. The van der Waals surface area contributed by atoms with Gasteiger partial charge in [-0.15, -0.1) is 0 Å². The van der Waals surface area contributed by atoms with Gasteiger partial charge < -0.3 is 24.8 Å². The molecule has 0 bridgehead atoms. The molecule has 1 amide bonds. The number of amides is 1. The molecule has 1 unspecified atom stereocenters. The molecule has 2 aromatic rings. The quantitative estimate of drug-likeness (QED) is 0.665. The van der Waals surface area contributed by atoms with Crippen LogP contribution >= 0.6 is 0 Å². The maximum atomic E-state index is 12.9. The highest BCUT2D eigenvalue weighted by molar-refractivity contribution is 5.91. The largest absolute Gasteiger partial charge is 0.497 e. The summed E-state index contributed by atoms with van der Waals surface area (Å²) >= 11 is 0. The van der Waals surface area contributed by atoms with Crippen LogP contribution in [0.5, 0.6) is 11.5 Å². The highest BCUT2D eigenvalue weighted by Crippen LogP contribution is 2.45. The zero-order valence-electron chi connectivity index (χ0n) is 18.4. The Balaban J connectivity index is 1.57. The van der Waals surface area contributed by atoms with Crippen molar-refractivity contribution in [2.24, 2.45) is 5.92 Å². The fourth-order valence-corrected chi connectivity index (χ4v) is 5.50. The summed E-state index contributed by atoms with van der Waals surface area (Å²) in [5, 5.41) is 14.5. The molecule has 0 aromatic heterocycles. The zero-order valence-corrected chi connectivity index (χ0v) is 18.4. The van der Waals surface area contributed by atoms with Gasteiger partial charge in [-0.3, -0.25) is 4.79 Å². The predicted octanol–water partition coefficient (Wildman–Crippen LogP) is 2.59. The first-order valence-electron chi connectivity index (χ1n) is 11.2. The lowest BCUT2D eigenvalue weighted by Gasteiger charge is -2.50. The van der Waals surface area contributed by atoms with Gasteiger partial charge in [-0.2, -0.15) is 0 Å². The summed E-state index contributed by atoms with van der Waals surface area (Å²) < 4.78 is 10.9. The number of hydrogen-bond acceptors (Lipinski definition) is 4. The Bertz CT molecular complexity index is 901. The molecular formula is C25H33N2O4+. The minimum Gasteiger partial charge on any atom is -0.497 e. The molecule has 0 radical (unpaired) electrons. The Labute approximate surface area is 184 Å². The highest BCUT2D eigenvalue weighted by atomic mass is 16.5. The van der Waals surface area contributed by atoms with Gasteiger partial charge in [0.1, 0.15) is 17.5 Å². The molecule has 31 heavy (non-hydrogen) atoms. The number of anilines is 1. The number of para-hydroxylation sites is 1. The van der Waals surface area contributed by atoms with Crippen molar-refractivity contribution in [1.82, 2.24) is 0 Å². The minimum atomic E-state index is -0.653. The van der Waals surface area contributed by atoms with Crippen molar-refractivity contribution in [2.75, 3.05) is 32.6 Å². The lowest BCUT2D eigenvalue weighted by Crippen LogP contribution is -3.16. The first kappa shape index (κ1) is 21.7. The molecule has 1 aliphatic carbocycles. The van der Waals surface area contributed by atoms with Gasteiger partial charge >= 0.3 is 0 Å². The molecule has 6 heteroatoms. The van der Waals surface area contributed by atoms with E-state index >= 15 is 0 Å². The van der Waals surface area contributed by atoms with E-state index in [0.29, 0.717) is 6.54 Å². The van der Waals surface area contributed by atoms with Crippen molar-refractivity contribution in [3.05, 3.63) is 54.1 Å². The van der Waals surface area contributed by atoms with E-state index in [1.807, 2.05) is 42.5 Å². The number of rotatable bonds is 6. The standard InChI is InChI=1S/C25H32N2O4/c1-30-19-12-10-18(11-13-19)26-23(28)17-27-16-15-25(29)14-6-5-8-21(25)24(27)20-7-3-4-9-22(20)31-2/h3-4,7,9-13,21,24,29H,5-6,8,14-17H2,1-2H3,(H,26,28)/p+1/t21-,24-,25-/m1/s1. The third-order valence-corrected chi connectivity index (χ3v) is 7.02. The molecule has 166 valence electrons. The average Bonchev–Trinajstić information content (AvgIpc) is 2.79. The van der Waals surface area contributed by atoms with E-state index in [0.717, 1.165) is 61.4 Å². The van der Waals surface area contributed by atoms with E-state index in [1.165, 1.54) is 4.90 Å². The Kier molecular flexibility index (Phi) is 6.49. The summed E-state index contributed by atoms with van der Waals surface area (Å²) in [6, 6.07) is 15.4. The third kappa shape index (κ3) is 4.55. The number of ether oxygens (including phenoxy) is 2. The Hall–Kier alpha value is -2.57. The number of methoxy groups -OCH3 is 2. The molecule has 4 rings (SSSR count). The summed E-state index contributed by atoms with van der Waals surface area (Å²) in [6.45, 7) is 1.10. The second-order valence-electron chi connectivity index (χ2n) is 8.79. The topological polar surface area (TPSA) is 72.2 Å². The van der Waals surface area contributed by atoms with E-state index in [9.17, 15) is 9.90 Å². The number of fused-ring (bicyclic) bond motifs is 1. The van der Waals surface area contributed by atoms with Crippen LogP contribution in [0.15, 0.2) is 48.5 Å². The Morgan fingerprint density at radius 3 is 2.61 bits per heavy atom. The van der Waals surface area contributed by atoms with Crippen LogP contribution in [-0.4, -0.2) is 43.9 Å². The molecule has 0 spiro atoms. The summed E-state index contributed by atoms with van der Waals surface area (Å²) in [7, 11) is 3.31.